The third kappa shape index (κ3) is 8.54. The number of nitrogens with one attached hydrogen (secondary N) is 3. The molecule has 2 aromatic carbocycles. The largest absolute Gasteiger partial charge is 0.481 e. The van der Waals surface area contributed by atoms with Gasteiger partial charge in [0, 0.05) is 85.5 Å². The zero-order valence-corrected chi connectivity index (χ0v) is 33.2. The number of benzene rings is 2. The number of rotatable bonds is 11. The van der Waals surface area contributed by atoms with Crippen LogP contribution in [0.4, 0.5) is 20.6 Å². The van der Waals surface area contributed by atoms with E-state index >= 15 is 4.39 Å². The maximum atomic E-state index is 15.8. The molecule has 1 atom stereocenters. The lowest BCUT2D eigenvalue weighted by Crippen LogP contribution is -2.56. The fraction of sp³-hybridized carbons (Fsp3) is 0.390. The van der Waals surface area contributed by atoms with Gasteiger partial charge in [-0.1, -0.05) is 47.5 Å². The summed E-state index contributed by atoms with van der Waals surface area (Å²) in [4.78, 5) is 49.9. The molecule has 0 saturated carbocycles. The maximum Gasteiger partial charge on any atom is 0.410 e. The summed E-state index contributed by atoms with van der Waals surface area (Å²) in [5.74, 6) is -0.0656. The van der Waals surface area contributed by atoms with E-state index in [9.17, 15) is 14.4 Å². The summed E-state index contributed by atoms with van der Waals surface area (Å²) in [7, 11) is 1.50. The molecular formula is C41H44Cl2FN7O5. The Hall–Kier alpha value is -4.98. The molecule has 12 nitrogen and oxygen atoms in total. The van der Waals surface area contributed by atoms with Gasteiger partial charge in [-0.3, -0.25) is 19.5 Å². The number of carbonyl (C=O) groups is 3. The minimum absolute atomic E-state index is 0.0442. The van der Waals surface area contributed by atoms with Crippen molar-refractivity contribution in [2.45, 2.75) is 64.8 Å². The van der Waals surface area contributed by atoms with Crippen molar-refractivity contribution < 1.29 is 28.2 Å². The first kappa shape index (κ1) is 39.3. The summed E-state index contributed by atoms with van der Waals surface area (Å²) >= 11 is 14.0. The number of carbonyl (C=O) groups excluding carboxylic acids is 3. The van der Waals surface area contributed by atoms with Crippen LogP contribution in [0.15, 0.2) is 60.8 Å². The fourth-order valence-corrected chi connectivity index (χ4v) is 8.12. The van der Waals surface area contributed by atoms with E-state index in [4.69, 9.17) is 37.7 Å². The molecular weight excluding hydrogens is 760 g/mol. The first-order valence-electron chi connectivity index (χ1n) is 18.5. The number of anilines is 2. The third-order valence-corrected chi connectivity index (χ3v) is 10.9. The van der Waals surface area contributed by atoms with Crippen molar-refractivity contribution in [2.75, 3.05) is 38.6 Å². The molecule has 7 rings (SSSR count). The van der Waals surface area contributed by atoms with Crippen molar-refractivity contribution in [1.82, 2.24) is 30.4 Å². The Kier molecular flexibility index (Phi) is 11.1. The van der Waals surface area contributed by atoms with Gasteiger partial charge in [-0.05, 0) is 57.5 Å². The summed E-state index contributed by atoms with van der Waals surface area (Å²) < 4.78 is 27.2. The lowest BCUT2D eigenvalue weighted by molar-refractivity contribution is -0.121. The minimum Gasteiger partial charge on any atom is -0.481 e. The van der Waals surface area contributed by atoms with E-state index in [0.717, 1.165) is 13.1 Å². The van der Waals surface area contributed by atoms with Crippen LogP contribution in [0, 0.1) is 11.2 Å². The molecule has 3 aliphatic rings. The Bertz CT molecular complexity index is 2170. The van der Waals surface area contributed by atoms with Crippen LogP contribution in [0.25, 0.3) is 22.5 Å². The van der Waals surface area contributed by atoms with E-state index in [2.05, 4.69) is 25.8 Å². The van der Waals surface area contributed by atoms with E-state index in [-0.39, 0.29) is 53.7 Å². The molecule has 3 amide bonds. The average Bonchev–Trinajstić information content (AvgIpc) is 3.74. The van der Waals surface area contributed by atoms with Crippen LogP contribution < -0.4 is 20.7 Å². The molecule has 15 heteroatoms. The average molecular weight is 805 g/mol. The van der Waals surface area contributed by atoms with Gasteiger partial charge in [0.15, 0.2) is 5.82 Å². The molecule has 5 heterocycles. The summed E-state index contributed by atoms with van der Waals surface area (Å²) in [6.07, 6.45) is 2.63. The van der Waals surface area contributed by atoms with E-state index in [1.165, 1.54) is 7.11 Å². The minimum atomic E-state index is -0.716. The van der Waals surface area contributed by atoms with Gasteiger partial charge in [-0.15, -0.1) is 0 Å². The van der Waals surface area contributed by atoms with Crippen LogP contribution in [0.3, 0.4) is 0 Å². The van der Waals surface area contributed by atoms with Gasteiger partial charge < -0.3 is 30.3 Å². The quantitative estimate of drug-likeness (QED) is 0.142. The zero-order valence-electron chi connectivity index (χ0n) is 31.7. The molecule has 3 aliphatic heterocycles. The lowest BCUT2D eigenvalue weighted by Gasteiger charge is -2.47. The van der Waals surface area contributed by atoms with Crippen LogP contribution >= 0.6 is 23.2 Å². The van der Waals surface area contributed by atoms with E-state index in [0.29, 0.717) is 81.7 Å². The zero-order chi connectivity index (χ0) is 39.8. The molecule has 0 unspecified atom stereocenters. The van der Waals surface area contributed by atoms with Crippen LogP contribution in [0.2, 0.25) is 10.0 Å². The van der Waals surface area contributed by atoms with Gasteiger partial charge in [-0.2, -0.15) is 0 Å². The first-order valence-corrected chi connectivity index (χ1v) is 19.2. The fourth-order valence-electron chi connectivity index (χ4n) is 7.55. The standard InChI is InChI=1S/C41H44Cl2FN7O5/c1-40(2,3)56-39(54)51(20-26-12-14-32(52)47-26)19-25-11-13-29(49-38(25)55-4)27-15-16-45-37(35(27)43)28-8-6-9-30(34(28)42)48-31-10-5-7-24(36(31)44)18-50-22-41(23-50)17-33(53)46-21-41/h5-11,13,15-16,26,48H,12,14,17-23H2,1-4H3,(H,46,53)(H,47,52)/t26-/m0/s1. The number of likely N-dealkylation sites (tertiary alicyclic amines) is 1. The highest BCUT2D eigenvalue weighted by Crippen LogP contribution is 2.42. The number of nitrogens with zero attached hydrogens (tertiary/aromatic N) is 4. The summed E-state index contributed by atoms with van der Waals surface area (Å²) in [5.41, 5.74) is 3.15. The van der Waals surface area contributed by atoms with E-state index in [1.807, 2.05) is 6.07 Å². The number of amides is 3. The van der Waals surface area contributed by atoms with Crippen LogP contribution in [-0.2, 0) is 27.4 Å². The molecule has 2 aromatic heterocycles. The summed E-state index contributed by atoms with van der Waals surface area (Å²) in [6.45, 7) is 8.37. The number of hydrogen-bond acceptors (Lipinski definition) is 9. The molecule has 4 aromatic rings. The van der Waals surface area contributed by atoms with Gasteiger partial charge in [0.25, 0.3) is 0 Å². The summed E-state index contributed by atoms with van der Waals surface area (Å²) in [5, 5.41) is 9.58. The van der Waals surface area contributed by atoms with E-state index in [1.54, 1.807) is 80.4 Å². The normalized spacial score (nSPS) is 17.7. The second-order valence-electron chi connectivity index (χ2n) is 15.7. The van der Waals surface area contributed by atoms with Crippen molar-refractivity contribution in [1.29, 1.82) is 0 Å². The van der Waals surface area contributed by atoms with Gasteiger partial charge in [-0.25, -0.2) is 14.2 Å². The van der Waals surface area contributed by atoms with Crippen molar-refractivity contribution in [3.8, 4) is 28.4 Å². The topological polar surface area (TPSA) is 138 Å². The van der Waals surface area contributed by atoms with Gasteiger partial charge in [0.05, 0.1) is 46.5 Å². The van der Waals surface area contributed by atoms with Crippen LogP contribution in [-0.4, -0.2) is 82.6 Å². The molecule has 0 radical (unpaired) electrons. The SMILES string of the molecule is COc1nc(-c2ccnc(-c3cccc(Nc4cccc(CN5CC6(CNC(=O)C6)C5)c4F)c3Cl)c2Cl)ccc1CN(C[C@@H]1CCC(=O)N1)C(=O)OC(C)(C)C. The number of halogens is 3. The molecule has 294 valence electrons. The van der Waals surface area contributed by atoms with Crippen molar-refractivity contribution in [3.63, 3.8) is 0 Å². The van der Waals surface area contributed by atoms with E-state index < -0.39 is 11.7 Å². The first-order chi connectivity index (χ1) is 26.7. The Balaban J connectivity index is 1.10. The van der Waals surface area contributed by atoms with Crippen molar-refractivity contribution >= 4 is 52.5 Å². The van der Waals surface area contributed by atoms with Crippen molar-refractivity contribution in [2.24, 2.45) is 5.41 Å². The Morgan fingerprint density at radius 3 is 2.48 bits per heavy atom. The van der Waals surface area contributed by atoms with Gasteiger partial charge in [0.2, 0.25) is 17.7 Å². The third-order valence-electron chi connectivity index (χ3n) is 10.1. The highest BCUT2D eigenvalue weighted by molar-refractivity contribution is 6.39. The highest BCUT2D eigenvalue weighted by Gasteiger charge is 2.48. The number of ether oxygens (including phenoxy) is 2. The van der Waals surface area contributed by atoms with Gasteiger partial charge >= 0.3 is 6.09 Å². The predicted molar refractivity (Wildman–Crippen MR) is 212 cm³/mol. The second kappa shape index (κ2) is 15.9. The smallest absolute Gasteiger partial charge is 0.410 e. The summed E-state index contributed by atoms with van der Waals surface area (Å²) in [6, 6.07) is 15.7. The van der Waals surface area contributed by atoms with Crippen molar-refractivity contribution in [3.05, 3.63) is 87.8 Å². The highest BCUT2D eigenvalue weighted by atomic mass is 35.5. The molecule has 3 fully saturated rings. The Labute approximate surface area is 335 Å². The monoisotopic (exact) mass is 803 g/mol. The number of pyridine rings is 2. The number of aromatic nitrogens is 2. The van der Waals surface area contributed by atoms with Gasteiger partial charge in [0.1, 0.15) is 5.60 Å². The maximum absolute atomic E-state index is 15.8. The molecule has 3 N–H and O–H groups in total. The predicted octanol–water partition coefficient (Wildman–Crippen LogP) is 7.35. The number of methoxy groups -OCH3 is 1. The number of hydrogen-bond donors (Lipinski definition) is 3. The van der Waals surface area contributed by atoms with Crippen LogP contribution in [0.1, 0.15) is 51.2 Å². The Morgan fingerprint density at radius 1 is 1.02 bits per heavy atom. The Morgan fingerprint density at radius 2 is 1.79 bits per heavy atom. The lowest BCUT2D eigenvalue weighted by atomic mass is 9.79. The molecule has 1 spiro atoms. The van der Waals surface area contributed by atoms with Crippen LogP contribution in [0.5, 0.6) is 5.88 Å². The molecule has 56 heavy (non-hydrogen) atoms. The second-order valence-corrected chi connectivity index (χ2v) is 16.5. The molecule has 3 saturated heterocycles. The molecule has 0 bridgehead atoms. The molecule has 0 aliphatic carbocycles.